The summed E-state index contributed by atoms with van der Waals surface area (Å²) in [5, 5.41) is 0. The smallest absolute Gasteiger partial charge is 0.141 e. The summed E-state index contributed by atoms with van der Waals surface area (Å²) in [6.07, 6.45) is 0. The van der Waals surface area contributed by atoms with Crippen LogP contribution in [0.15, 0.2) is 40.9 Å². The van der Waals surface area contributed by atoms with E-state index in [2.05, 4.69) is 15.9 Å². The van der Waals surface area contributed by atoms with Crippen LogP contribution in [0.2, 0.25) is 0 Å². The largest absolute Gasteiger partial charge is 0.456 e. The molecule has 0 unspecified atom stereocenters. The predicted molar refractivity (Wildman–Crippen MR) is 78.0 cm³/mol. The molecule has 18 heavy (non-hydrogen) atoms. The van der Waals surface area contributed by atoms with Gasteiger partial charge in [-0.05, 0) is 53.0 Å². The number of benzene rings is 2. The van der Waals surface area contributed by atoms with E-state index in [0.717, 1.165) is 27.1 Å². The summed E-state index contributed by atoms with van der Waals surface area (Å²) in [4.78, 5) is 0. The Labute approximate surface area is 116 Å². The highest BCUT2D eigenvalue weighted by atomic mass is 79.9. The monoisotopic (exact) mass is 305 g/mol. The molecule has 0 aliphatic carbocycles. The highest BCUT2D eigenvalue weighted by Gasteiger charge is 2.09. The second-order valence-electron chi connectivity index (χ2n) is 4.30. The van der Waals surface area contributed by atoms with Crippen molar-refractivity contribution in [2.24, 2.45) is 5.73 Å². The molecule has 0 atom stereocenters. The molecular weight excluding hydrogens is 290 g/mol. The maximum atomic E-state index is 5.99. The lowest BCUT2D eigenvalue weighted by Gasteiger charge is -2.14. The maximum Gasteiger partial charge on any atom is 0.141 e. The maximum absolute atomic E-state index is 5.99. The molecule has 2 aromatic carbocycles. The Bertz CT molecular complexity index is 566. The summed E-state index contributed by atoms with van der Waals surface area (Å²) in [6.45, 7) is 4.55. The van der Waals surface area contributed by atoms with Crippen LogP contribution >= 0.6 is 15.9 Å². The summed E-state index contributed by atoms with van der Waals surface area (Å²) >= 11 is 3.52. The Balaban J connectivity index is 2.39. The Kier molecular flexibility index (Phi) is 4.04. The molecular formula is C15H16BrNO. The molecule has 94 valence electrons. The number of ether oxygens (including phenoxy) is 1. The Morgan fingerprint density at radius 2 is 1.94 bits per heavy atom. The topological polar surface area (TPSA) is 35.2 Å². The van der Waals surface area contributed by atoms with Crippen LogP contribution < -0.4 is 10.5 Å². The van der Waals surface area contributed by atoms with E-state index in [1.165, 1.54) is 5.56 Å². The van der Waals surface area contributed by atoms with Crippen molar-refractivity contribution >= 4 is 15.9 Å². The second kappa shape index (κ2) is 5.55. The van der Waals surface area contributed by atoms with Gasteiger partial charge in [0.15, 0.2) is 0 Å². The third-order valence-electron chi connectivity index (χ3n) is 2.81. The first-order valence-corrected chi connectivity index (χ1v) is 6.63. The minimum Gasteiger partial charge on any atom is -0.456 e. The molecule has 2 aromatic rings. The summed E-state index contributed by atoms with van der Waals surface area (Å²) in [5.41, 5.74) is 9.04. The van der Waals surface area contributed by atoms with Gasteiger partial charge in [0.2, 0.25) is 0 Å². The van der Waals surface area contributed by atoms with Crippen molar-refractivity contribution in [3.8, 4) is 11.5 Å². The molecule has 2 N–H and O–H groups in total. The number of halogens is 1. The quantitative estimate of drug-likeness (QED) is 0.916. The highest BCUT2D eigenvalue weighted by molar-refractivity contribution is 9.10. The summed E-state index contributed by atoms with van der Waals surface area (Å²) in [6, 6.07) is 12.0. The standard InChI is InChI=1S/C15H16BrNO/c1-10-6-7-14(13(16)8-10)18-15-11(2)4-3-5-12(15)9-17/h3-8H,9,17H2,1-2H3. The lowest BCUT2D eigenvalue weighted by Crippen LogP contribution is -2.01. The van der Waals surface area contributed by atoms with Crippen molar-refractivity contribution in [3.05, 3.63) is 57.6 Å². The number of aryl methyl sites for hydroxylation is 2. The van der Waals surface area contributed by atoms with Crippen LogP contribution in [0.25, 0.3) is 0 Å². The van der Waals surface area contributed by atoms with Crippen LogP contribution in [-0.2, 0) is 6.54 Å². The molecule has 0 fully saturated rings. The average Bonchev–Trinajstić information content (AvgIpc) is 2.34. The molecule has 0 spiro atoms. The first-order valence-electron chi connectivity index (χ1n) is 5.84. The van der Waals surface area contributed by atoms with Crippen molar-refractivity contribution in [2.45, 2.75) is 20.4 Å². The van der Waals surface area contributed by atoms with Gasteiger partial charge >= 0.3 is 0 Å². The second-order valence-corrected chi connectivity index (χ2v) is 5.16. The van der Waals surface area contributed by atoms with E-state index in [0.29, 0.717) is 6.54 Å². The lowest BCUT2D eigenvalue weighted by molar-refractivity contribution is 0.469. The number of hydrogen-bond acceptors (Lipinski definition) is 2. The molecule has 0 saturated carbocycles. The molecule has 0 saturated heterocycles. The SMILES string of the molecule is Cc1ccc(Oc2c(C)cccc2CN)c(Br)c1. The fourth-order valence-electron chi connectivity index (χ4n) is 1.82. The van der Waals surface area contributed by atoms with Gasteiger partial charge in [-0.1, -0.05) is 24.3 Å². The van der Waals surface area contributed by atoms with Gasteiger partial charge in [0.1, 0.15) is 11.5 Å². The summed E-state index contributed by atoms with van der Waals surface area (Å²) in [5.74, 6) is 1.66. The zero-order valence-corrected chi connectivity index (χ0v) is 12.1. The van der Waals surface area contributed by atoms with Gasteiger partial charge in [-0.15, -0.1) is 0 Å². The fourth-order valence-corrected chi connectivity index (χ4v) is 2.39. The van der Waals surface area contributed by atoms with E-state index < -0.39 is 0 Å². The first kappa shape index (κ1) is 13.1. The molecule has 0 aliphatic heterocycles. The molecule has 0 aromatic heterocycles. The summed E-state index contributed by atoms with van der Waals surface area (Å²) < 4.78 is 6.94. The minimum absolute atomic E-state index is 0.473. The van der Waals surface area contributed by atoms with Gasteiger partial charge in [-0.25, -0.2) is 0 Å². The lowest BCUT2D eigenvalue weighted by atomic mass is 10.1. The van der Waals surface area contributed by atoms with Crippen LogP contribution in [-0.4, -0.2) is 0 Å². The molecule has 0 radical (unpaired) electrons. The van der Waals surface area contributed by atoms with E-state index in [1.807, 2.05) is 50.2 Å². The Morgan fingerprint density at radius 3 is 2.61 bits per heavy atom. The van der Waals surface area contributed by atoms with Crippen LogP contribution in [0.3, 0.4) is 0 Å². The van der Waals surface area contributed by atoms with Gasteiger partial charge in [0, 0.05) is 12.1 Å². The van der Waals surface area contributed by atoms with E-state index in [-0.39, 0.29) is 0 Å². The molecule has 2 nitrogen and oxygen atoms in total. The Morgan fingerprint density at radius 1 is 1.17 bits per heavy atom. The average molecular weight is 306 g/mol. The van der Waals surface area contributed by atoms with Crippen LogP contribution in [0.1, 0.15) is 16.7 Å². The predicted octanol–water partition coefficient (Wildman–Crippen LogP) is 4.32. The van der Waals surface area contributed by atoms with Gasteiger partial charge in [-0.2, -0.15) is 0 Å². The molecule has 0 bridgehead atoms. The van der Waals surface area contributed by atoms with E-state index >= 15 is 0 Å². The van der Waals surface area contributed by atoms with Crippen molar-refractivity contribution in [1.29, 1.82) is 0 Å². The van der Waals surface area contributed by atoms with Crippen LogP contribution in [0, 0.1) is 13.8 Å². The number of hydrogen-bond donors (Lipinski definition) is 1. The molecule has 0 aliphatic rings. The van der Waals surface area contributed by atoms with Crippen molar-refractivity contribution in [3.63, 3.8) is 0 Å². The first-order chi connectivity index (χ1) is 8.61. The molecule has 3 heteroatoms. The van der Waals surface area contributed by atoms with E-state index in [1.54, 1.807) is 0 Å². The van der Waals surface area contributed by atoms with Gasteiger partial charge in [0.25, 0.3) is 0 Å². The fraction of sp³-hybridized carbons (Fsp3) is 0.200. The molecule has 0 amide bonds. The van der Waals surface area contributed by atoms with E-state index in [9.17, 15) is 0 Å². The zero-order chi connectivity index (χ0) is 13.1. The van der Waals surface area contributed by atoms with Crippen molar-refractivity contribution < 1.29 is 4.74 Å². The number of rotatable bonds is 3. The van der Waals surface area contributed by atoms with Crippen LogP contribution in [0.4, 0.5) is 0 Å². The minimum atomic E-state index is 0.473. The van der Waals surface area contributed by atoms with Crippen molar-refractivity contribution in [1.82, 2.24) is 0 Å². The molecule has 0 heterocycles. The molecule has 2 rings (SSSR count). The van der Waals surface area contributed by atoms with Crippen LogP contribution in [0.5, 0.6) is 11.5 Å². The van der Waals surface area contributed by atoms with Gasteiger partial charge in [0.05, 0.1) is 4.47 Å². The van der Waals surface area contributed by atoms with Gasteiger partial charge < -0.3 is 10.5 Å². The Hall–Kier alpha value is -1.32. The van der Waals surface area contributed by atoms with Gasteiger partial charge in [-0.3, -0.25) is 0 Å². The zero-order valence-electron chi connectivity index (χ0n) is 10.5. The van der Waals surface area contributed by atoms with E-state index in [4.69, 9.17) is 10.5 Å². The highest BCUT2D eigenvalue weighted by Crippen LogP contribution is 2.33. The third-order valence-corrected chi connectivity index (χ3v) is 3.43. The number of para-hydroxylation sites is 1. The normalized spacial score (nSPS) is 10.4. The van der Waals surface area contributed by atoms with Crippen molar-refractivity contribution in [2.75, 3.05) is 0 Å². The third kappa shape index (κ3) is 2.74. The number of nitrogens with two attached hydrogens (primary N) is 1. The summed E-state index contributed by atoms with van der Waals surface area (Å²) in [7, 11) is 0.